The molecule has 2 rings (SSSR count). The van der Waals surface area contributed by atoms with E-state index in [-0.39, 0.29) is 5.41 Å². The molecule has 0 aliphatic rings. The second kappa shape index (κ2) is 5.70. The highest BCUT2D eigenvalue weighted by molar-refractivity contribution is 5.40. The molecule has 0 fully saturated rings. The van der Waals surface area contributed by atoms with Crippen molar-refractivity contribution in [2.24, 2.45) is 0 Å². The molecule has 2 aromatic rings. The Hall–Kier alpha value is -2.41. The van der Waals surface area contributed by atoms with Crippen LogP contribution in [0.1, 0.15) is 30.7 Å². The fourth-order valence-corrected chi connectivity index (χ4v) is 1.99. The van der Waals surface area contributed by atoms with Gasteiger partial charge < -0.3 is 5.32 Å². The van der Waals surface area contributed by atoms with Crippen LogP contribution in [0.2, 0.25) is 0 Å². The molecule has 0 bridgehead atoms. The minimum atomic E-state index is -0.0240. The lowest BCUT2D eigenvalue weighted by atomic mass is 9.84. The number of nitrogens with zero attached hydrogens (tertiary/aromatic N) is 3. The van der Waals surface area contributed by atoms with Gasteiger partial charge in [0.05, 0.1) is 0 Å². The van der Waals surface area contributed by atoms with E-state index in [1.54, 1.807) is 6.07 Å². The molecule has 4 nitrogen and oxygen atoms in total. The first-order chi connectivity index (χ1) is 9.51. The number of nitriles is 1. The van der Waals surface area contributed by atoms with Crippen molar-refractivity contribution >= 4 is 5.82 Å². The number of anilines is 1. The van der Waals surface area contributed by atoms with Gasteiger partial charge in [-0.15, -0.1) is 0 Å². The fraction of sp³-hybridized carbons (Fsp3) is 0.312. The standard InChI is InChI=1S/C16H18N4/c1-12-5-4-6-13(7-12)16(2,3)10-18-15-8-14(9-17)19-11-20-15/h4-8,11H,10H2,1-3H3,(H,18,19,20). The van der Waals surface area contributed by atoms with Crippen molar-refractivity contribution in [2.75, 3.05) is 11.9 Å². The summed E-state index contributed by atoms with van der Waals surface area (Å²) in [5, 5.41) is 12.1. The Morgan fingerprint density at radius 3 is 2.75 bits per heavy atom. The number of aryl methyl sites for hydroxylation is 1. The van der Waals surface area contributed by atoms with E-state index in [1.165, 1.54) is 17.5 Å². The molecule has 0 saturated carbocycles. The highest BCUT2D eigenvalue weighted by Crippen LogP contribution is 2.24. The number of nitrogens with one attached hydrogen (secondary N) is 1. The third kappa shape index (κ3) is 3.33. The third-order valence-electron chi connectivity index (χ3n) is 3.29. The van der Waals surface area contributed by atoms with Crippen molar-refractivity contribution in [1.29, 1.82) is 5.26 Å². The molecule has 0 saturated heterocycles. The molecular weight excluding hydrogens is 248 g/mol. The maximum absolute atomic E-state index is 8.83. The molecule has 0 atom stereocenters. The lowest BCUT2D eigenvalue weighted by molar-refractivity contribution is 0.555. The summed E-state index contributed by atoms with van der Waals surface area (Å²) in [6.45, 7) is 7.19. The zero-order valence-corrected chi connectivity index (χ0v) is 12.0. The average Bonchev–Trinajstić information content (AvgIpc) is 2.45. The molecule has 0 amide bonds. The van der Waals surface area contributed by atoms with Crippen LogP contribution in [-0.2, 0) is 5.41 Å². The van der Waals surface area contributed by atoms with Crippen molar-refractivity contribution in [1.82, 2.24) is 9.97 Å². The van der Waals surface area contributed by atoms with Gasteiger partial charge in [-0.3, -0.25) is 0 Å². The average molecular weight is 266 g/mol. The molecule has 0 spiro atoms. The SMILES string of the molecule is Cc1cccc(C(C)(C)CNc2cc(C#N)ncn2)c1. The van der Waals surface area contributed by atoms with Gasteiger partial charge in [0, 0.05) is 18.0 Å². The van der Waals surface area contributed by atoms with Gasteiger partial charge in [0.2, 0.25) is 0 Å². The molecular formula is C16H18N4. The molecule has 0 aliphatic carbocycles. The van der Waals surface area contributed by atoms with Gasteiger partial charge in [-0.05, 0) is 12.5 Å². The molecule has 1 N–H and O–H groups in total. The predicted octanol–water partition coefficient (Wildman–Crippen LogP) is 3.05. The van der Waals surface area contributed by atoms with Crippen molar-refractivity contribution in [2.45, 2.75) is 26.2 Å². The molecule has 1 heterocycles. The van der Waals surface area contributed by atoms with E-state index in [0.717, 1.165) is 6.54 Å². The van der Waals surface area contributed by atoms with E-state index in [2.05, 4.69) is 60.3 Å². The van der Waals surface area contributed by atoms with Crippen molar-refractivity contribution in [3.63, 3.8) is 0 Å². The first-order valence-corrected chi connectivity index (χ1v) is 6.54. The van der Waals surface area contributed by atoms with Crippen LogP contribution in [0.15, 0.2) is 36.7 Å². The van der Waals surface area contributed by atoms with Gasteiger partial charge >= 0.3 is 0 Å². The first kappa shape index (κ1) is 14.0. The minimum absolute atomic E-state index is 0.0240. The highest BCUT2D eigenvalue weighted by Gasteiger charge is 2.20. The Bertz CT molecular complexity index is 641. The van der Waals surface area contributed by atoms with Crippen molar-refractivity contribution in [3.05, 3.63) is 53.5 Å². The molecule has 0 unspecified atom stereocenters. The summed E-state index contributed by atoms with van der Waals surface area (Å²) in [5.74, 6) is 0.678. The van der Waals surface area contributed by atoms with Crippen LogP contribution in [0.25, 0.3) is 0 Å². The smallest absolute Gasteiger partial charge is 0.145 e. The molecule has 4 heteroatoms. The topological polar surface area (TPSA) is 61.6 Å². The molecule has 0 radical (unpaired) electrons. The summed E-state index contributed by atoms with van der Waals surface area (Å²) >= 11 is 0. The van der Waals surface area contributed by atoms with Crippen LogP contribution in [0.3, 0.4) is 0 Å². The van der Waals surface area contributed by atoms with E-state index < -0.39 is 0 Å². The van der Waals surface area contributed by atoms with Crippen LogP contribution in [0.5, 0.6) is 0 Å². The number of hydrogen-bond donors (Lipinski definition) is 1. The lowest BCUT2D eigenvalue weighted by Gasteiger charge is -2.26. The van der Waals surface area contributed by atoms with E-state index in [1.807, 2.05) is 6.07 Å². The van der Waals surface area contributed by atoms with Crippen LogP contribution < -0.4 is 5.32 Å². The maximum Gasteiger partial charge on any atom is 0.145 e. The molecule has 20 heavy (non-hydrogen) atoms. The summed E-state index contributed by atoms with van der Waals surface area (Å²) in [4.78, 5) is 7.99. The van der Waals surface area contributed by atoms with Gasteiger partial charge in [0.1, 0.15) is 23.9 Å². The minimum Gasteiger partial charge on any atom is -0.369 e. The molecule has 102 valence electrons. The quantitative estimate of drug-likeness (QED) is 0.924. The van der Waals surface area contributed by atoms with Crippen LogP contribution in [0.4, 0.5) is 5.82 Å². The van der Waals surface area contributed by atoms with E-state index in [4.69, 9.17) is 5.26 Å². The molecule has 0 aliphatic heterocycles. The van der Waals surface area contributed by atoms with E-state index in [9.17, 15) is 0 Å². The second-order valence-electron chi connectivity index (χ2n) is 5.51. The van der Waals surface area contributed by atoms with Crippen LogP contribution in [0, 0.1) is 18.3 Å². The number of benzene rings is 1. The maximum atomic E-state index is 8.83. The van der Waals surface area contributed by atoms with Gasteiger partial charge in [-0.1, -0.05) is 43.7 Å². The lowest BCUT2D eigenvalue weighted by Crippen LogP contribution is -2.28. The largest absolute Gasteiger partial charge is 0.369 e. The summed E-state index contributed by atoms with van der Waals surface area (Å²) in [7, 11) is 0. The number of aromatic nitrogens is 2. The van der Waals surface area contributed by atoms with Gasteiger partial charge in [-0.2, -0.15) is 5.26 Å². The first-order valence-electron chi connectivity index (χ1n) is 6.54. The normalized spacial score (nSPS) is 10.9. The van der Waals surface area contributed by atoms with Crippen LogP contribution >= 0.6 is 0 Å². The number of hydrogen-bond acceptors (Lipinski definition) is 4. The summed E-state index contributed by atoms with van der Waals surface area (Å²) < 4.78 is 0. The van der Waals surface area contributed by atoms with E-state index in [0.29, 0.717) is 11.5 Å². The Labute approximate surface area is 119 Å². The third-order valence-corrected chi connectivity index (χ3v) is 3.29. The Balaban J connectivity index is 2.11. The van der Waals surface area contributed by atoms with Crippen molar-refractivity contribution in [3.8, 4) is 6.07 Å². The Kier molecular flexibility index (Phi) is 3.99. The zero-order valence-electron chi connectivity index (χ0n) is 12.0. The van der Waals surface area contributed by atoms with Gasteiger partial charge in [-0.25, -0.2) is 9.97 Å². The zero-order chi connectivity index (χ0) is 14.6. The Morgan fingerprint density at radius 2 is 2.05 bits per heavy atom. The summed E-state index contributed by atoms with van der Waals surface area (Å²) in [6.07, 6.45) is 1.40. The summed E-state index contributed by atoms with van der Waals surface area (Å²) in [5.41, 5.74) is 2.88. The van der Waals surface area contributed by atoms with Crippen LogP contribution in [-0.4, -0.2) is 16.5 Å². The number of rotatable bonds is 4. The Morgan fingerprint density at radius 1 is 1.25 bits per heavy atom. The fourth-order valence-electron chi connectivity index (χ4n) is 1.99. The molecule has 1 aromatic heterocycles. The monoisotopic (exact) mass is 266 g/mol. The predicted molar refractivity (Wildman–Crippen MR) is 79.4 cm³/mol. The van der Waals surface area contributed by atoms with Crippen molar-refractivity contribution < 1.29 is 0 Å². The summed E-state index contributed by atoms with van der Waals surface area (Å²) in [6, 6.07) is 12.2. The second-order valence-corrected chi connectivity index (χ2v) is 5.51. The van der Waals surface area contributed by atoms with Gasteiger partial charge in [0.15, 0.2) is 0 Å². The van der Waals surface area contributed by atoms with Gasteiger partial charge in [0.25, 0.3) is 0 Å². The highest BCUT2D eigenvalue weighted by atomic mass is 15.0. The molecule has 1 aromatic carbocycles. The van der Waals surface area contributed by atoms with E-state index >= 15 is 0 Å².